The van der Waals surface area contributed by atoms with Crippen LogP contribution in [-0.2, 0) is 19.6 Å². The van der Waals surface area contributed by atoms with Gasteiger partial charge in [-0.15, -0.1) is 0 Å². The molecule has 86 valence electrons. The summed E-state index contributed by atoms with van der Waals surface area (Å²) in [6, 6.07) is 1.93. The molecule has 0 bridgehead atoms. The van der Waals surface area contributed by atoms with E-state index in [0.29, 0.717) is 6.54 Å². The number of imidazole rings is 1. The lowest BCUT2D eigenvalue weighted by molar-refractivity contribution is 0.368. The van der Waals surface area contributed by atoms with Crippen molar-refractivity contribution in [1.82, 2.24) is 20.0 Å². The van der Waals surface area contributed by atoms with Gasteiger partial charge < -0.3 is 14.4 Å². The molecule has 5 nitrogen and oxygen atoms in total. The van der Waals surface area contributed by atoms with E-state index in [1.165, 1.54) is 0 Å². The Morgan fingerprint density at radius 1 is 1.44 bits per heavy atom. The highest BCUT2D eigenvalue weighted by Crippen LogP contribution is 2.02. The van der Waals surface area contributed by atoms with Crippen molar-refractivity contribution in [2.45, 2.75) is 33.5 Å². The summed E-state index contributed by atoms with van der Waals surface area (Å²) in [6.45, 7) is 6.37. The molecule has 5 heteroatoms. The highest BCUT2D eigenvalue weighted by Gasteiger charge is 2.02. The van der Waals surface area contributed by atoms with Crippen LogP contribution in [0.25, 0.3) is 0 Å². The number of nitrogens with zero attached hydrogens (tertiary/aromatic N) is 3. The second kappa shape index (κ2) is 4.94. The molecule has 2 aromatic rings. The third-order valence-corrected chi connectivity index (χ3v) is 2.40. The molecular formula is C11H16N4O. The van der Waals surface area contributed by atoms with Crippen LogP contribution in [0.1, 0.15) is 24.2 Å². The molecule has 2 aromatic heterocycles. The maximum absolute atomic E-state index is 5.10. The Balaban J connectivity index is 1.84. The van der Waals surface area contributed by atoms with E-state index in [0.717, 1.165) is 30.4 Å². The van der Waals surface area contributed by atoms with Gasteiger partial charge in [-0.25, -0.2) is 4.98 Å². The summed E-state index contributed by atoms with van der Waals surface area (Å²) in [5.74, 6) is 1.89. The normalized spacial score (nSPS) is 10.9. The van der Waals surface area contributed by atoms with Gasteiger partial charge >= 0.3 is 0 Å². The number of hydrogen-bond donors (Lipinski definition) is 1. The molecule has 0 aliphatic rings. The molecule has 0 radical (unpaired) electrons. The monoisotopic (exact) mass is 220 g/mol. The van der Waals surface area contributed by atoms with Crippen LogP contribution in [0.2, 0.25) is 0 Å². The molecule has 0 unspecified atom stereocenters. The zero-order valence-corrected chi connectivity index (χ0v) is 9.60. The predicted octanol–water partition coefficient (Wildman–Crippen LogP) is 1.49. The second-order valence-corrected chi connectivity index (χ2v) is 3.67. The Kier molecular flexibility index (Phi) is 3.36. The first-order valence-electron chi connectivity index (χ1n) is 5.42. The fourth-order valence-electron chi connectivity index (χ4n) is 1.59. The number of aromatic nitrogens is 3. The number of nitrogens with one attached hydrogen (secondary N) is 1. The van der Waals surface area contributed by atoms with E-state index >= 15 is 0 Å². The van der Waals surface area contributed by atoms with Crippen molar-refractivity contribution in [3.05, 3.63) is 35.7 Å². The molecule has 2 rings (SSSR count). The fourth-order valence-corrected chi connectivity index (χ4v) is 1.59. The quantitative estimate of drug-likeness (QED) is 0.829. The van der Waals surface area contributed by atoms with Gasteiger partial charge in [0.15, 0.2) is 5.76 Å². The van der Waals surface area contributed by atoms with Gasteiger partial charge in [0.2, 0.25) is 0 Å². The van der Waals surface area contributed by atoms with E-state index in [4.69, 9.17) is 4.52 Å². The zero-order valence-electron chi connectivity index (χ0n) is 9.60. The summed E-state index contributed by atoms with van der Waals surface area (Å²) in [6.07, 6.45) is 3.80. The molecule has 0 aliphatic carbocycles. The van der Waals surface area contributed by atoms with Crippen molar-refractivity contribution in [3.8, 4) is 0 Å². The minimum absolute atomic E-state index is 0.678. The molecular weight excluding hydrogens is 204 g/mol. The van der Waals surface area contributed by atoms with Gasteiger partial charge in [-0.1, -0.05) is 5.16 Å². The first-order valence-corrected chi connectivity index (χ1v) is 5.42. The standard InChI is InChI=1S/C11H16N4O/c1-3-15-5-4-13-11(15)8-12-7-10-6-9(2)14-16-10/h4-6,12H,3,7-8H2,1-2H3. The lowest BCUT2D eigenvalue weighted by atomic mass is 10.4. The van der Waals surface area contributed by atoms with Crippen LogP contribution in [0.3, 0.4) is 0 Å². The van der Waals surface area contributed by atoms with Crippen LogP contribution in [-0.4, -0.2) is 14.7 Å². The van der Waals surface area contributed by atoms with Crippen molar-refractivity contribution in [1.29, 1.82) is 0 Å². The van der Waals surface area contributed by atoms with Gasteiger partial charge in [0.1, 0.15) is 5.82 Å². The summed E-state index contributed by atoms with van der Waals surface area (Å²) < 4.78 is 7.21. The van der Waals surface area contributed by atoms with Crippen LogP contribution >= 0.6 is 0 Å². The SMILES string of the molecule is CCn1ccnc1CNCc1cc(C)no1. The molecule has 1 N–H and O–H groups in total. The lowest BCUT2D eigenvalue weighted by Gasteiger charge is -2.04. The van der Waals surface area contributed by atoms with E-state index in [9.17, 15) is 0 Å². The number of hydrogen-bond acceptors (Lipinski definition) is 4. The Morgan fingerprint density at radius 2 is 2.31 bits per heavy atom. The average molecular weight is 220 g/mol. The maximum atomic E-state index is 5.10. The van der Waals surface area contributed by atoms with Crippen molar-refractivity contribution >= 4 is 0 Å². The first kappa shape index (κ1) is 10.9. The topological polar surface area (TPSA) is 55.9 Å². The van der Waals surface area contributed by atoms with E-state index in [2.05, 4.69) is 26.9 Å². The summed E-state index contributed by atoms with van der Waals surface area (Å²) in [5.41, 5.74) is 0.909. The van der Waals surface area contributed by atoms with Crippen LogP contribution in [0.15, 0.2) is 23.0 Å². The minimum Gasteiger partial charge on any atom is -0.360 e. The molecule has 0 spiro atoms. The highest BCUT2D eigenvalue weighted by atomic mass is 16.5. The molecule has 0 aliphatic heterocycles. The Labute approximate surface area is 94.5 Å². The average Bonchev–Trinajstić information content (AvgIpc) is 2.87. The first-order chi connectivity index (χ1) is 7.79. The molecule has 0 amide bonds. The van der Waals surface area contributed by atoms with Crippen molar-refractivity contribution < 1.29 is 4.52 Å². The fraction of sp³-hybridized carbons (Fsp3) is 0.455. The summed E-state index contributed by atoms with van der Waals surface area (Å²) in [5, 5.41) is 7.11. The number of aryl methyl sites for hydroxylation is 2. The molecule has 0 atom stereocenters. The molecule has 16 heavy (non-hydrogen) atoms. The smallest absolute Gasteiger partial charge is 0.150 e. The maximum Gasteiger partial charge on any atom is 0.150 e. The van der Waals surface area contributed by atoms with Gasteiger partial charge in [0.25, 0.3) is 0 Å². The largest absolute Gasteiger partial charge is 0.360 e. The van der Waals surface area contributed by atoms with Crippen molar-refractivity contribution in [3.63, 3.8) is 0 Å². The van der Waals surface area contributed by atoms with E-state index < -0.39 is 0 Å². The van der Waals surface area contributed by atoms with E-state index in [-0.39, 0.29) is 0 Å². The molecule has 0 saturated heterocycles. The molecule has 0 fully saturated rings. The van der Waals surface area contributed by atoms with Gasteiger partial charge in [-0.2, -0.15) is 0 Å². The molecule has 0 aromatic carbocycles. The summed E-state index contributed by atoms with van der Waals surface area (Å²) in [7, 11) is 0. The zero-order chi connectivity index (χ0) is 11.4. The predicted molar refractivity (Wildman–Crippen MR) is 59.7 cm³/mol. The Morgan fingerprint density at radius 3 is 3.00 bits per heavy atom. The second-order valence-electron chi connectivity index (χ2n) is 3.67. The lowest BCUT2D eigenvalue weighted by Crippen LogP contribution is -2.16. The third-order valence-electron chi connectivity index (χ3n) is 2.40. The van der Waals surface area contributed by atoms with Gasteiger partial charge in [0, 0.05) is 25.0 Å². The van der Waals surface area contributed by atoms with Gasteiger partial charge in [0.05, 0.1) is 18.8 Å². The van der Waals surface area contributed by atoms with Crippen LogP contribution in [0.5, 0.6) is 0 Å². The van der Waals surface area contributed by atoms with Gasteiger partial charge in [-0.05, 0) is 13.8 Å². The van der Waals surface area contributed by atoms with Crippen molar-refractivity contribution in [2.75, 3.05) is 0 Å². The number of rotatable bonds is 5. The summed E-state index contributed by atoms with van der Waals surface area (Å²) >= 11 is 0. The Hall–Kier alpha value is -1.62. The van der Waals surface area contributed by atoms with E-state index in [1.54, 1.807) is 0 Å². The molecule has 2 heterocycles. The Bertz CT molecular complexity index is 446. The molecule has 0 saturated carbocycles. The van der Waals surface area contributed by atoms with Crippen LogP contribution < -0.4 is 5.32 Å². The minimum atomic E-state index is 0.678. The van der Waals surface area contributed by atoms with Crippen LogP contribution in [0, 0.1) is 6.92 Å². The highest BCUT2D eigenvalue weighted by molar-refractivity contribution is 5.02. The van der Waals surface area contributed by atoms with Gasteiger partial charge in [-0.3, -0.25) is 0 Å². The van der Waals surface area contributed by atoms with Crippen molar-refractivity contribution in [2.24, 2.45) is 0 Å². The third kappa shape index (κ3) is 2.49. The summed E-state index contributed by atoms with van der Waals surface area (Å²) in [4.78, 5) is 4.28. The van der Waals surface area contributed by atoms with E-state index in [1.807, 2.05) is 25.4 Å². The van der Waals surface area contributed by atoms with Crippen LogP contribution in [0.4, 0.5) is 0 Å².